The largest absolute Gasteiger partial charge is 0.320 e. The van der Waals surface area contributed by atoms with Crippen molar-refractivity contribution in [1.82, 2.24) is 0 Å². The van der Waals surface area contributed by atoms with Gasteiger partial charge in [0.05, 0.1) is 6.04 Å². The summed E-state index contributed by atoms with van der Waals surface area (Å²) in [5, 5.41) is 0. The molecule has 0 amide bonds. The van der Waals surface area contributed by atoms with E-state index in [1.54, 1.807) is 0 Å². The molecule has 2 aromatic rings. The van der Waals surface area contributed by atoms with Gasteiger partial charge < -0.3 is 5.73 Å². The molecule has 2 rings (SSSR count). The third-order valence-corrected chi connectivity index (χ3v) is 3.54. The van der Waals surface area contributed by atoms with Crippen LogP contribution in [0.3, 0.4) is 0 Å². The van der Waals surface area contributed by atoms with Crippen LogP contribution in [0.5, 0.6) is 0 Å². The molecule has 0 aliphatic rings. The fourth-order valence-electron chi connectivity index (χ4n) is 1.72. The Labute approximate surface area is 116 Å². The molecule has 0 saturated heterocycles. The number of nitrogens with two attached hydrogens (primary N) is 1. The first-order valence-corrected chi connectivity index (χ1v) is 6.23. The summed E-state index contributed by atoms with van der Waals surface area (Å²) in [5.74, 6) is -1.82. The molecule has 0 aromatic heterocycles. The van der Waals surface area contributed by atoms with E-state index in [9.17, 15) is 13.2 Å². The quantitative estimate of drug-likeness (QED) is 0.809. The van der Waals surface area contributed by atoms with Gasteiger partial charge in [0.2, 0.25) is 0 Å². The number of benzene rings is 2. The Morgan fingerprint density at radius 1 is 1.00 bits per heavy atom. The maximum absolute atomic E-state index is 13.6. The molecule has 2 N–H and O–H groups in total. The molecule has 5 heteroatoms. The highest BCUT2D eigenvalue weighted by molar-refractivity contribution is 14.1. The van der Waals surface area contributed by atoms with Crippen LogP contribution in [0.4, 0.5) is 13.2 Å². The number of rotatable bonds is 2. The third-order valence-electron chi connectivity index (χ3n) is 2.61. The molecular weight excluding hydrogens is 354 g/mol. The van der Waals surface area contributed by atoms with Crippen molar-refractivity contribution in [2.45, 2.75) is 6.04 Å². The number of hydrogen-bond donors (Lipinski definition) is 1. The summed E-state index contributed by atoms with van der Waals surface area (Å²) >= 11 is 1.89. The normalized spacial score (nSPS) is 12.5. The minimum absolute atomic E-state index is 0.206. The molecule has 0 radical (unpaired) electrons. The van der Waals surface area contributed by atoms with Gasteiger partial charge in [0.25, 0.3) is 0 Å². The zero-order valence-corrected chi connectivity index (χ0v) is 11.3. The second kappa shape index (κ2) is 5.27. The molecule has 0 aliphatic heterocycles. The molecule has 1 unspecified atom stereocenters. The summed E-state index contributed by atoms with van der Waals surface area (Å²) in [6.07, 6.45) is 0. The lowest BCUT2D eigenvalue weighted by Crippen LogP contribution is -2.17. The first-order valence-electron chi connectivity index (χ1n) is 5.15. The van der Waals surface area contributed by atoms with Gasteiger partial charge in [0.1, 0.15) is 17.5 Å². The molecule has 1 nitrogen and oxygen atoms in total. The number of hydrogen-bond acceptors (Lipinski definition) is 1. The molecule has 0 heterocycles. The minimum atomic E-state index is -0.960. The minimum Gasteiger partial charge on any atom is -0.320 e. The summed E-state index contributed by atoms with van der Waals surface area (Å²) in [6, 6.07) is 6.54. The van der Waals surface area contributed by atoms with E-state index >= 15 is 0 Å². The molecule has 0 bridgehead atoms. The van der Waals surface area contributed by atoms with Crippen LogP contribution in [0, 0.1) is 21.0 Å². The smallest absolute Gasteiger partial charge is 0.131 e. The predicted molar refractivity (Wildman–Crippen MR) is 71.5 cm³/mol. The van der Waals surface area contributed by atoms with E-state index in [2.05, 4.69) is 0 Å². The Morgan fingerprint density at radius 3 is 2.17 bits per heavy atom. The average Bonchev–Trinajstić information content (AvgIpc) is 2.28. The third kappa shape index (κ3) is 2.51. The van der Waals surface area contributed by atoms with Gasteiger partial charge in [-0.05, 0) is 52.4 Å². The highest BCUT2D eigenvalue weighted by Crippen LogP contribution is 2.28. The highest BCUT2D eigenvalue weighted by Gasteiger charge is 2.20. The maximum atomic E-state index is 13.6. The first kappa shape index (κ1) is 13.4. The highest BCUT2D eigenvalue weighted by atomic mass is 127. The van der Waals surface area contributed by atoms with Crippen LogP contribution in [0.2, 0.25) is 0 Å². The van der Waals surface area contributed by atoms with Crippen molar-refractivity contribution in [3.63, 3.8) is 0 Å². The van der Waals surface area contributed by atoms with E-state index in [-0.39, 0.29) is 5.56 Å². The summed E-state index contributed by atoms with van der Waals surface area (Å²) < 4.78 is 40.7. The van der Waals surface area contributed by atoms with Crippen molar-refractivity contribution in [3.05, 3.63) is 68.5 Å². The van der Waals surface area contributed by atoms with Crippen LogP contribution in [0.15, 0.2) is 36.4 Å². The van der Waals surface area contributed by atoms with Gasteiger partial charge in [0.15, 0.2) is 0 Å². The van der Waals surface area contributed by atoms with Gasteiger partial charge in [0, 0.05) is 9.13 Å². The molecule has 0 aliphatic carbocycles. The van der Waals surface area contributed by atoms with Gasteiger partial charge in [-0.25, -0.2) is 13.2 Å². The molecule has 0 fully saturated rings. The number of halogens is 4. The van der Waals surface area contributed by atoms with E-state index in [1.165, 1.54) is 24.3 Å². The lowest BCUT2D eigenvalue weighted by atomic mass is 9.98. The second-order valence-electron chi connectivity index (χ2n) is 3.78. The molecule has 0 spiro atoms. The fourth-order valence-corrected chi connectivity index (χ4v) is 2.53. The molecule has 2 aromatic carbocycles. The second-order valence-corrected chi connectivity index (χ2v) is 4.94. The van der Waals surface area contributed by atoms with Crippen molar-refractivity contribution in [3.8, 4) is 0 Å². The van der Waals surface area contributed by atoms with E-state index in [1.807, 2.05) is 22.6 Å². The molecule has 94 valence electrons. The van der Waals surface area contributed by atoms with Crippen LogP contribution >= 0.6 is 22.6 Å². The van der Waals surface area contributed by atoms with Gasteiger partial charge in [-0.3, -0.25) is 0 Å². The van der Waals surface area contributed by atoms with E-state index in [0.29, 0.717) is 9.13 Å². The van der Waals surface area contributed by atoms with Crippen LogP contribution in [0.25, 0.3) is 0 Å². The van der Waals surface area contributed by atoms with Crippen molar-refractivity contribution >= 4 is 22.6 Å². The van der Waals surface area contributed by atoms with Crippen LogP contribution in [-0.2, 0) is 0 Å². The van der Waals surface area contributed by atoms with Crippen molar-refractivity contribution < 1.29 is 13.2 Å². The van der Waals surface area contributed by atoms with Gasteiger partial charge in [-0.15, -0.1) is 0 Å². The zero-order valence-electron chi connectivity index (χ0n) is 9.13. The maximum Gasteiger partial charge on any atom is 0.131 e. The van der Waals surface area contributed by atoms with E-state index in [4.69, 9.17) is 5.73 Å². The van der Waals surface area contributed by atoms with Crippen LogP contribution < -0.4 is 5.73 Å². The summed E-state index contributed by atoms with van der Waals surface area (Å²) in [5.41, 5.74) is 6.14. The fraction of sp³-hybridized carbons (Fsp3) is 0.0769. The monoisotopic (exact) mass is 363 g/mol. The lowest BCUT2D eigenvalue weighted by molar-refractivity contribution is 0.542. The van der Waals surface area contributed by atoms with Gasteiger partial charge in [-0.1, -0.05) is 12.1 Å². The summed E-state index contributed by atoms with van der Waals surface area (Å²) in [4.78, 5) is 0. The van der Waals surface area contributed by atoms with Crippen LogP contribution in [0.1, 0.15) is 17.2 Å². The molecule has 18 heavy (non-hydrogen) atoms. The lowest BCUT2D eigenvalue weighted by Gasteiger charge is -2.16. The molecular formula is C13H9F3IN. The predicted octanol–water partition coefficient (Wildman–Crippen LogP) is 3.76. The topological polar surface area (TPSA) is 26.0 Å². The Morgan fingerprint density at radius 2 is 1.61 bits per heavy atom. The summed E-state index contributed by atoms with van der Waals surface area (Å²) in [6.45, 7) is 0. The SMILES string of the molecule is NC(c1ccc(F)cc1I)c1c(F)cccc1F. The zero-order chi connectivity index (χ0) is 13.3. The van der Waals surface area contributed by atoms with E-state index in [0.717, 1.165) is 12.1 Å². The Balaban J connectivity index is 2.51. The van der Waals surface area contributed by atoms with Crippen LogP contribution in [-0.4, -0.2) is 0 Å². The van der Waals surface area contributed by atoms with E-state index < -0.39 is 23.5 Å². The van der Waals surface area contributed by atoms with Crippen molar-refractivity contribution in [2.24, 2.45) is 5.73 Å². The standard InChI is InChI=1S/C13H9F3IN/c14-7-4-5-8(11(17)6-7)13(18)12-9(15)2-1-3-10(12)16/h1-6,13H,18H2. The average molecular weight is 363 g/mol. The molecule has 1 atom stereocenters. The van der Waals surface area contributed by atoms with Gasteiger partial charge >= 0.3 is 0 Å². The first-order chi connectivity index (χ1) is 8.50. The van der Waals surface area contributed by atoms with Crippen molar-refractivity contribution in [2.75, 3.05) is 0 Å². The van der Waals surface area contributed by atoms with Gasteiger partial charge in [-0.2, -0.15) is 0 Å². The van der Waals surface area contributed by atoms with Crippen molar-refractivity contribution in [1.29, 1.82) is 0 Å². The Hall–Kier alpha value is -1.08. The summed E-state index contributed by atoms with van der Waals surface area (Å²) in [7, 11) is 0. The Bertz CT molecular complexity index is 566. The molecule has 0 saturated carbocycles. The Kier molecular flexibility index (Phi) is 3.91.